The maximum absolute atomic E-state index is 8.84. The summed E-state index contributed by atoms with van der Waals surface area (Å²) >= 11 is 4.76. The van der Waals surface area contributed by atoms with E-state index in [-0.39, 0.29) is 16.0 Å². The number of thiocarbonyl (C=S) groups is 1. The molecule has 0 bridgehead atoms. The largest absolute Gasteiger partial charge is 0.400 e. The summed E-state index contributed by atoms with van der Waals surface area (Å²) in [6.45, 7) is 6.05. The molecule has 0 aliphatic rings. The molecule has 0 aromatic carbocycles. The first kappa shape index (κ1) is 12.9. The summed E-state index contributed by atoms with van der Waals surface area (Å²) in [4.78, 5) is 0.0779. The third kappa shape index (κ3) is 3.00. The minimum Gasteiger partial charge on any atom is -0.400 e. The van der Waals surface area contributed by atoms with Crippen LogP contribution in [0.1, 0.15) is 33.6 Å². The van der Waals surface area contributed by atoms with Gasteiger partial charge in [-0.05, 0) is 6.42 Å². The molecule has 0 spiro atoms. The molecule has 0 aliphatic heterocycles. The fourth-order valence-electron chi connectivity index (χ4n) is 1.35. The van der Waals surface area contributed by atoms with Crippen molar-refractivity contribution in [2.24, 2.45) is 16.9 Å². The molecule has 0 radical (unpaired) electrons. The van der Waals surface area contributed by atoms with Gasteiger partial charge in [-0.25, -0.2) is 0 Å². The molecule has 0 saturated carbocycles. The highest BCUT2D eigenvalue weighted by Crippen LogP contribution is 2.30. The molecule has 0 fully saturated rings. The summed E-state index contributed by atoms with van der Waals surface area (Å²) in [5.41, 5.74) is 11.8. The molecule has 3 nitrogen and oxygen atoms in total. The van der Waals surface area contributed by atoms with Gasteiger partial charge in [-0.2, -0.15) is 5.26 Å². The second-order valence-electron chi connectivity index (χ2n) is 3.90. The summed E-state index contributed by atoms with van der Waals surface area (Å²) < 4.78 is 0. The number of hydrogen-bond donors (Lipinski definition) is 2. The van der Waals surface area contributed by atoms with Gasteiger partial charge in [0.05, 0.1) is 0 Å². The molecular weight excluding hydrogens is 194 g/mol. The SMILES string of the molecule is CCCC(C)(C)C(N)=C(C#N)C(N)=S. The minimum atomic E-state index is -0.219. The third-order valence-corrected chi connectivity index (χ3v) is 2.44. The van der Waals surface area contributed by atoms with Crippen LogP contribution in [-0.2, 0) is 0 Å². The predicted molar refractivity (Wildman–Crippen MR) is 62.3 cm³/mol. The van der Waals surface area contributed by atoms with E-state index in [4.69, 9.17) is 28.9 Å². The number of allylic oxidation sites excluding steroid dienone is 1. The molecule has 0 atom stereocenters. The molecule has 0 aliphatic carbocycles. The summed E-state index contributed by atoms with van der Waals surface area (Å²) in [6, 6.07) is 1.95. The quantitative estimate of drug-likeness (QED) is 0.422. The van der Waals surface area contributed by atoms with Crippen molar-refractivity contribution >= 4 is 17.2 Å². The molecule has 14 heavy (non-hydrogen) atoms. The van der Waals surface area contributed by atoms with Crippen LogP contribution >= 0.6 is 12.2 Å². The molecule has 4 heteroatoms. The third-order valence-electron chi connectivity index (χ3n) is 2.23. The van der Waals surface area contributed by atoms with Crippen molar-refractivity contribution in [1.82, 2.24) is 0 Å². The van der Waals surface area contributed by atoms with Crippen molar-refractivity contribution in [2.45, 2.75) is 33.6 Å². The van der Waals surface area contributed by atoms with Crippen LogP contribution in [0.3, 0.4) is 0 Å². The van der Waals surface area contributed by atoms with Crippen LogP contribution < -0.4 is 11.5 Å². The first-order valence-corrected chi connectivity index (χ1v) is 4.97. The molecule has 0 heterocycles. The fraction of sp³-hybridized carbons (Fsp3) is 0.600. The van der Waals surface area contributed by atoms with Crippen molar-refractivity contribution in [2.75, 3.05) is 0 Å². The molecule has 4 N–H and O–H groups in total. The highest BCUT2D eigenvalue weighted by molar-refractivity contribution is 7.80. The van der Waals surface area contributed by atoms with Crippen molar-refractivity contribution < 1.29 is 0 Å². The first-order valence-electron chi connectivity index (χ1n) is 4.57. The molecule has 0 unspecified atom stereocenters. The standard InChI is InChI=1S/C10H17N3S/c1-4-5-10(2,3)8(12)7(6-11)9(13)14/h4-5,12H2,1-3H3,(H2,13,14). The highest BCUT2D eigenvalue weighted by atomic mass is 32.1. The number of nitriles is 1. The second-order valence-corrected chi connectivity index (χ2v) is 4.34. The lowest BCUT2D eigenvalue weighted by atomic mass is 9.82. The number of nitrogens with zero attached hydrogens (tertiary/aromatic N) is 1. The van der Waals surface area contributed by atoms with Crippen LogP contribution in [0.2, 0.25) is 0 Å². The monoisotopic (exact) mass is 211 g/mol. The fourth-order valence-corrected chi connectivity index (χ4v) is 1.50. The van der Waals surface area contributed by atoms with Gasteiger partial charge in [-0.3, -0.25) is 0 Å². The number of rotatable bonds is 4. The molecule has 0 rings (SSSR count). The van der Waals surface area contributed by atoms with Gasteiger partial charge in [0.15, 0.2) is 0 Å². The number of hydrogen-bond acceptors (Lipinski definition) is 3. The Kier molecular flexibility index (Phi) is 4.58. The van der Waals surface area contributed by atoms with Gasteiger partial charge in [0.1, 0.15) is 16.6 Å². The zero-order valence-electron chi connectivity index (χ0n) is 8.92. The van der Waals surface area contributed by atoms with Gasteiger partial charge in [0.2, 0.25) is 0 Å². The Morgan fingerprint density at radius 2 is 1.93 bits per heavy atom. The van der Waals surface area contributed by atoms with Crippen LogP contribution in [0.25, 0.3) is 0 Å². The normalized spacial score (nSPS) is 13.0. The zero-order valence-corrected chi connectivity index (χ0v) is 9.74. The van der Waals surface area contributed by atoms with Gasteiger partial charge in [0, 0.05) is 11.1 Å². The highest BCUT2D eigenvalue weighted by Gasteiger charge is 2.24. The average molecular weight is 211 g/mol. The van der Waals surface area contributed by atoms with Crippen LogP contribution in [-0.4, -0.2) is 4.99 Å². The molecular formula is C10H17N3S. The van der Waals surface area contributed by atoms with E-state index in [9.17, 15) is 0 Å². The summed E-state index contributed by atoms with van der Waals surface area (Å²) in [7, 11) is 0. The van der Waals surface area contributed by atoms with Gasteiger partial charge >= 0.3 is 0 Å². The van der Waals surface area contributed by atoms with Crippen LogP contribution in [0.5, 0.6) is 0 Å². The molecule has 0 saturated heterocycles. The lowest BCUT2D eigenvalue weighted by molar-refractivity contribution is 0.397. The van der Waals surface area contributed by atoms with E-state index in [1.165, 1.54) is 0 Å². The van der Waals surface area contributed by atoms with Crippen molar-refractivity contribution in [3.05, 3.63) is 11.3 Å². The van der Waals surface area contributed by atoms with E-state index in [0.29, 0.717) is 5.70 Å². The Hall–Kier alpha value is -1.08. The zero-order chi connectivity index (χ0) is 11.4. The number of nitrogens with two attached hydrogens (primary N) is 2. The van der Waals surface area contributed by atoms with Crippen molar-refractivity contribution in [3.8, 4) is 6.07 Å². The van der Waals surface area contributed by atoms with E-state index >= 15 is 0 Å². The second kappa shape index (κ2) is 4.97. The van der Waals surface area contributed by atoms with Gasteiger partial charge in [-0.15, -0.1) is 0 Å². The molecule has 0 aromatic heterocycles. The van der Waals surface area contributed by atoms with E-state index in [1.807, 2.05) is 19.9 Å². The predicted octanol–water partition coefficient (Wildman–Crippen LogP) is 1.84. The maximum Gasteiger partial charge on any atom is 0.116 e. The Labute approximate surface area is 90.8 Å². The lowest BCUT2D eigenvalue weighted by Gasteiger charge is -2.25. The van der Waals surface area contributed by atoms with Gasteiger partial charge in [-0.1, -0.05) is 39.4 Å². The van der Waals surface area contributed by atoms with E-state index < -0.39 is 0 Å². The van der Waals surface area contributed by atoms with E-state index in [2.05, 4.69) is 6.92 Å². The molecule has 0 aromatic rings. The van der Waals surface area contributed by atoms with Crippen LogP contribution in [0, 0.1) is 16.7 Å². The topological polar surface area (TPSA) is 75.8 Å². The lowest BCUT2D eigenvalue weighted by Crippen LogP contribution is -2.26. The van der Waals surface area contributed by atoms with Crippen molar-refractivity contribution in [3.63, 3.8) is 0 Å². The summed E-state index contributed by atoms with van der Waals surface area (Å²) in [5.74, 6) is 0. The Morgan fingerprint density at radius 1 is 1.43 bits per heavy atom. The van der Waals surface area contributed by atoms with Crippen molar-refractivity contribution in [1.29, 1.82) is 5.26 Å². The Bertz CT molecular complexity index is 297. The van der Waals surface area contributed by atoms with E-state index in [1.54, 1.807) is 0 Å². The Morgan fingerprint density at radius 3 is 2.21 bits per heavy atom. The summed E-state index contributed by atoms with van der Waals surface area (Å²) in [6.07, 6.45) is 1.91. The smallest absolute Gasteiger partial charge is 0.116 e. The van der Waals surface area contributed by atoms with Crippen LogP contribution in [0.15, 0.2) is 11.3 Å². The van der Waals surface area contributed by atoms with Gasteiger partial charge < -0.3 is 11.5 Å². The molecule has 0 amide bonds. The molecule has 78 valence electrons. The van der Waals surface area contributed by atoms with Crippen LogP contribution in [0.4, 0.5) is 0 Å². The van der Waals surface area contributed by atoms with E-state index in [0.717, 1.165) is 12.8 Å². The maximum atomic E-state index is 8.84. The first-order chi connectivity index (χ1) is 6.36. The van der Waals surface area contributed by atoms with Gasteiger partial charge in [0.25, 0.3) is 0 Å². The minimum absolute atomic E-state index is 0.0779. The summed E-state index contributed by atoms with van der Waals surface area (Å²) in [5, 5.41) is 8.84. The Balaban J connectivity index is 5.16. The average Bonchev–Trinajstić information content (AvgIpc) is 2.04.